The lowest BCUT2D eigenvalue weighted by Crippen LogP contribution is -2.29. The third-order valence-corrected chi connectivity index (χ3v) is 2.66. The Labute approximate surface area is 105 Å². The quantitative estimate of drug-likeness (QED) is 0.759. The van der Waals surface area contributed by atoms with Crippen molar-refractivity contribution in [1.82, 2.24) is 5.32 Å². The fourth-order valence-corrected chi connectivity index (χ4v) is 1.70. The first kappa shape index (κ1) is 13.8. The summed E-state index contributed by atoms with van der Waals surface area (Å²) in [4.78, 5) is 2.23. The lowest BCUT2D eigenvalue weighted by Gasteiger charge is -2.21. The normalized spacial score (nSPS) is 10.6. The molecule has 2 nitrogen and oxygen atoms in total. The molecule has 1 aromatic carbocycles. The molecule has 0 aliphatic heterocycles. The summed E-state index contributed by atoms with van der Waals surface area (Å²) in [6.07, 6.45) is 0. The fourth-order valence-electron chi connectivity index (χ4n) is 1.70. The first-order valence-electron chi connectivity index (χ1n) is 6.17. The highest BCUT2D eigenvalue weighted by Gasteiger charge is 2.03. The first-order chi connectivity index (χ1) is 7.99. The van der Waals surface area contributed by atoms with Crippen molar-refractivity contribution in [2.45, 2.75) is 26.8 Å². The van der Waals surface area contributed by atoms with Crippen LogP contribution in [0.4, 0.5) is 5.69 Å². The predicted octanol–water partition coefficient (Wildman–Crippen LogP) is 2.99. The molecule has 0 atom stereocenters. The van der Waals surface area contributed by atoms with Crippen molar-refractivity contribution in [1.29, 1.82) is 0 Å². The van der Waals surface area contributed by atoms with Gasteiger partial charge in [0.15, 0.2) is 0 Å². The highest BCUT2D eigenvalue weighted by molar-refractivity contribution is 5.48. The molecule has 17 heavy (non-hydrogen) atoms. The Bertz CT molecular complexity index is 369. The van der Waals surface area contributed by atoms with Gasteiger partial charge in [-0.05, 0) is 30.2 Å². The molecule has 0 saturated heterocycles. The zero-order valence-electron chi connectivity index (χ0n) is 11.5. The smallest absolute Gasteiger partial charge is 0.0395 e. The van der Waals surface area contributed by atoms with Crippen LogP contribution in [0.2, 0.25) is 0 Å². The molecule has 0 aliphatic rings. The van der Waals surface area contributed by atoms with Gasteiger partial charge in [0.1, 0.15) is 0 Å². The van der Waals surface area contributed by atoms with E-state index in [-0.39, 0.29) is 0 Å². The second kappa shape index (κ2) is 6.45. The van der Waals surface area contributed by atoms with Gasteiger partial charge in [-0.15, -0.1) is 0 Å². The Kier molecular flexibility index (Phi) is 5.23. The lowest BCUT2D eigenvalue weighted by atomic mass is 10.2. The minimum atomic E-state index is 0.510. The second-order valence-corrected chi connectivity index (χ2v) is 4.98. The molecule has 1 aromatic rings. The van der Waals surface area contributed by atoms with E-state index in [9.17, 15) is 0 Å². The monoisotopic (exact) mass is 232 g/mol. The van der Waals surface area contributed by atoms with E-state index in [1.807, 2.05) is 0 Å². The van der Waals surface area contributed by atoms with Crippen molar-refractivity contribution >= 4 is 5.69 Å². The summed E-state index contributed by atoms with van der Waals surface area (Å²) in [6.45, 7) is 12.3. The van der Waals surface area contributed by atoms with Crippen molar-refractivity contribution in [3.8, 4) is 0 Å². The molecular weight excluding hydrogens is 208 g/mol. The molecule has 0 bridgehead atoms. The lowest BCUT2D eigenvalue weighted by molar-refractivity contribution is 0.617. The van der Waals surface area contributed by atoms with Crippen LogP contribution in [-0.2, 0) is 0 Å². The molecule has 2 heteroatoms. The van der Waals surface area contributed by atoms with Gasteiger partial charge in [-0.25, -0.2) is 0 Å². The van der Waals surface area contributed by atoms with E-state index in [0.29, 0.717) is 6.04 Å². The third-order valence-electron chi connectivity index (χ3n) is 2.66. The van der Waals surface area contributed by atoms with Crippen LogP contribution < -0.4 is 10.2 Å². The highest BCUT2D eigenvalue weighted by atomic mass is 15.1. The van der Waals surface area contributed by atoms with Crippen molar-refractivity contribution in [3.63, 3.8) is 0 Å². The van der Waals surface area contributed by atoms with Crippen LogP contribution in [0.5, 0.6) is 0 Å². The van der Waals surface area contributed by atoms with E-state index in [1.54, 1.807) is 0 Å². The number of nitrogens with zero attached hydrogens (tertiary/aromatic N) is 1. The maximum atomic E-state index is 4.11. The molecular formula is C15H24N2. The molecule has 0 fully saturated rings. The van der Waals surface area contributed by atoms with Crippen molar-refractivity contribution in [2.75, 3.05) is 25.0 Å². The van der Waals surface area contributed by atoms with E-state index in [0.717, 1.165) is 13.1 Å². The summed E-state index contributed by atoms with van der Waals surface area (Å²) in [5, 5.41) is 3.39. The van der Waals surface area contributed by atoms with Gasteiger partial charge in [0.05, 0.1) is 0 Å². The maximum Gasteiger partial charge on any atom is 0.0395 e. The summed E-state index contributed by atoms with van der Waals surface area (Å²) in [5.74, 6) is 0. The standard InChI is InChI=1S/C15H24N2/c1-12(2)16-10-14(4)11-17(5)15-8-6-7-13(3)9-15/h6-9,12,16H,4,10-11H2,1-3,5H3. The van der Waals surface area contributed by atoms with Gasteiger partial charge in [0.2, 0.25) is 0 Å². The van der Waals surface area contributed by atoms with Crippen LogP contribution in [0.3, 0.4) is 0 Å². The number of aryl methyl sites for hydroxylation is 1. The minimum Gasteiger partial charge on any atom is -0.371 e. The van der Waals surface area contributed by atoms with Gasteiger partial charge in [0, 0.05) is 31.9 Å². The molecule has 0 spiro atoms. The predicted molar refractivity (Wildman–Crippen MR) is 76.7 cm³/mol. The Morgan fingerprint density at radius 1 is 1.41 bits per heavy atom. The molecule has 1 N–H and O–H groups in total. The molecule has 94 valence electrons. The molecule has 0 unspecified atom stereocenters. The zero-order chi connectivity index (χ0) is 12.8. The van der Waals surface area contributed by atoms with Crippen molar-refractivity contribution in [2.24, 2.45) is 0 Å². The molecule has 0 aromatic heterocycles. The van der Waals surface area contributed by atoms with Crippen LogP contribution >= 0.6 is 0 Å². The topological polar surface area (TPSA) is 15.3 Å². The second-order valence-electron chi connectivity index (χ2n) is 4.98. The Balaban J connectivity index is 2.48. The maximum absolute atomic E-state index is 4.11. The van der Waals surface area contributed by atoms with E-state index in [1.165, 1.54) is 16.8 Å². The first-order valence-corrected chi connectivity index (χ1v) is 6.17. The number of nitrogens with one attached hydrogen (secondary N) is 1. The molecule has 0 aliphatic carbocycles. The number of benzene rings is 1. The summed E-state index contributed by atoms with van der Waals surface area (Å²) in [6, 6.07) is 9.05. The molecule has 1 rings (SSSR count). The number of hydrogen-bond acceptors (Lipinski definition) is 2. The van der Waals surface area contributed by atoms with Crippen LogP contribution in [0.15, 0.2) is 36.4 Å². The van der Waals surface area contributed by atoms with Crippen LogP contribution in [0.25, 0.3) is 0 Å². The van der Waals surface area contributed by atoms with Gasteiger partial charge in [0.25, 0.3) is 0 Å². The van der Waals surface area contributed by atoms with Gasteiger partial charge < -0.3 is 10.2 Å². The molecule has 0 radical (unpaired) electrons. The molecule has 0 saturated carbocycles. The average molecular weight is 232 g/mol. The minimum absolute atomic E-state index is 0.510. The third kappa shape index (κ3) is 5.05. The van der Waals surface area contributed by atoms with Crippen molar-refractivity contribution in [3.05, 3.63) is 42.0 Å². The number of hydrogen-bond donors (Lipinski definition) is 1. The Morgan fingerprint density at radius 2 is 2.12 bits per heavy atom. The van der Waals surface area contributed by atoms with E-state index in [2.05, 4.69) is 68.9 Å². The summed E-state index contributed by atoms with van der Waals surface area (Å²) < 4.78 is 0. The van der Waals surface area contributed by atoms with Crippen LogP contribution in [-0.4, -0.2) is 26.2 Å². The number of likely N-dealkylation sites (N-methyl/N-ethyl adjacent to an activating group) is 1. The zero-order valence-corrected chi connectivity index (χ0v) is 11.5. The SMILES string of the molecule is C=C(CNC(C)C)CN(C)c1cccc(C)c1. The van der Waals surface area contributed by atoms with Gasteiger partial charge in [-0.2, -0.15) is 0 Å². The van der Waals surface area contributed by atoms with Gasteiger partial charge in [-0.1, -0.05) is 32.6 Å². The average Bonchev–Trinajstić information content (AvgIpc) is 2.26. The molecule has 0 heterocycles. The number of anilines is 1. The van der Waals surface area contributed by atoms with E-state index >= 15 is 0 Å². The molecule has 0 amide bonds. The highest BCUT2D eigenvalue weighted by Crippen LogP contribution is 2.14. The van der Waals surface area contributed by atoms with Gasteiger partial charge in [-0.3, -0.25) is 0 Å². The Morgan fingerprint density at radius 3 is 2.71 bits per heavy atom. The van der Waals surface area contributed by atoms with Gasteiger partial charge >= 0.3 is 0 Å². The number of rotatable bonds is 6. The fraction of sp³-hybridized carbons (Fsp3) is 0.467. The summed E-state index contributed by atoms with van der Waals surface area (Å²) in [7, 11) is 2.11. The summed E-state index contributed by atoms with van der Waals surface area (Å²) >= 11 is 0. The largest absolute Gasteiger partial charge is 0.371 e. The van der Waals surface area contributed by atoms with E-state index in [4.69, 9.17) is 0 Å². The Hall–Kier alpha value is -1.28. The summed E-state index contributed by atoms with van der Waals surface area (Å²) in [5.41, 5.74) is 3.75. The van der Waals surface area contributed by atoms with Crippen molar-refractivity contribution < 1.29 is 0 Å². The van der Waals surface area contributed by atoms with E-state index < -0.39 is 0 Å². The van der Waals surface area contributed by atoms with Crippen LogP contribution in [0, 0.1) is 6.92 Å². The van der Waals surface area contributed by atoms with Crippen LogP contribution in [0.1, 0.15) is 19.4 Å².